The zero-order chi connectivity index (χ0) is 22.1. The standard InChI is InChI=1S/C23H22N6O2S/c1-2-29-18-10-6-4-8-16(18)20-21(29)26-23(28-27-20)32-13-19(30)25-17-9-5-3-7-15(17)22(31)24-14-11-12-14/h3-10,14H,2,11-13H2,1H3,(H,24,31)(H,25,30). The highest BCUT2D eigenvalue weighted by atomic mass is 32.2. The normalized spacial score (nSPS) is 13.4. The maximum absolute atomic E-state index is 12.6. The summed E-state index contributed by atoms with van der Waals surface area (Å²) in [6.45, 7) is 2.82. The van der Waals surface area contributed by atoms with Crippen LogP contribution in [0.1, 0.15) is 30.1 Å². The van der Waals surface area contributed by atoms with Crippen LogP contribution in [0.5, 0.6) is 0 Å². The minimum absolute atomic E-state index is 0.109. The van der Waals surface area contributed by atoms with E-state index in [-0.39, 0.29) is 23.6 Å². The second kappa shape index (κ2) is 8.58. The molecule has 2 amide bonds. The van der Waals surface area contributed by atoms with E-state index >= 15 is 0 Å². The largest absolute Gasteiger partial charge is 0.349 e. The lowest BCUT2D eigenvalue weighted by atomic mass is 10.1. The van der Waals surface area contributed by atoms with Crippen molar-refractivity contribution in [2.24, 2.45) is 0 Å². The van der Waals surface area contributed by atoms with Gasteiger partial charge in [0.25, 0.3) is 5.91 Å². The van der Waals surface area contributed by atoms with Crippen molar-refractivity contribution < 1.29 is 9.59 Å². The van der Waals surface area contributed by atoms with Crippen molar-refractivity contribution in [3.05, 3.63) is 54.1 Å². The quantitative estimate of drug-likeness (QED) is 0.421. The minimum atomic E-state index is -0.235. The number of nitrogens with zero attached hydrogens (tertiary/aromatic N) is 4. The number of benzene rings is 2. The molecule has 1 aliphatic carbocycles. The highest BCUT2D eigenvalue weighted by molar-refractivity contribution is 7.99. The molecule has 2 N–H and O–H groups in total. The first-order chi connectivity index (χ1) is 15.6. The van der Waals surface area contributed by atoms with E-state index < -0.39 is 0 Å². The second-order valence-electron chi connectivity index (χ2n) is 7.66. The number of carbonyl (C=O) groups is 2. The van der Waals surface area contributed by atoms with Crippen molar-refractivity contribution in [3.8, 4) is 0 Å². The third-order valence-electron chi connectivity index (χ3n) is 5.36. The Bertz CT molecular complexity index is 1330. The highest BCUT2D eigenvalue weighted by Gasteiger charge is 2.25. The van der Waals surface area contributed by atoms with Gasteiger partial charge in [-0.1, -0.05) is 42.1 Å². The van der Waals surface area contributed by atoms with Crippen LogP contribution in [0.2, 0.25) is 0 Å². The van der Waals surface area contributed by atoms with Crippen molar-refractivity contribution in [3.63, 3.8) is 0 Å². The molecule has 162 valence electrons. The van der Waals surface area contributed by atoms with Crippen LogP contribution in [0.4, 0.5) is 5.69 Å². The molecule has 8 nitrogen and oxygen atoms in total. The summed E-state index contributed by atoms with van der Waals surface area (Å²) in [7, 11) is 0. The molecule has 0 atom stereocenters. The number of aryl methyl sites for hydroxylation is 1. The van der Waals surface area contributed by atoms with Gasteiger partial charge in [-0.2, -0.15) is 0 Å². The molecule has 0 radical (unpaired) electrons. The molecular weight excluding hydrogens is 424 g/mol. The minimum Gasteiger partial charge on any atom is -0.349 e. The maximum atomic E-state index is 12.6. The van der Waals surface area contributed by atoms with Gasteiger partial charge >= 0.3 is 0 Å². The fourth-order valence-electron chi connectivity index (χ4n) is 3.67. The van der Waals surface area contributed by atoms with Gasteiger partial charge in [0.2, 0.25) is 11.1 Å². The molecule has 4 aromatic rings. The topological polar surface area (TPSA) is 102 Å². The molecule has 0 unspecified atom stereocenters. The highest BCUT2D eigenvalue weighted by Crippen LogP contribution is 2.27. The van der Waals surface area contributed by atoms with Crippen LogP contribution < -0.4 is 10.6 Å². The van der Waals surface area contributed by atoms with E-state index in [1.807, 2.05) is 24.3 Å². The monoisotopic (exact) mass is 446 g/mol. The maximum Gasteiger partial charge on any atom is 0.253 e. The van der Waals surface area contributed by atoms with E-state index in [0.29, 0.717) is 16.4 Å². The van der Waals surface area contributed by atoms with Crippen LogP contribution in [-0.2, 0) is 11.3 Å². The number of rotatable bonds is 7. The fraction of sp³-hybridized carbons (Fsp3) is 0.261. The molecule has 2 aromatic heterocycles. The molecule has 0 aliphatic heterocycles. The van der Waals surface area contributed by atoms with Crippen LogP contribution in [0, 0.1) is 0 Å². The number of hydrogen-bond acceptors (Lipinski definition) is 6. The van der Waals surface area contributed by atoms with Crippen LogP contribution in [-0.4, -0.2) is 43.4 Å². The summed E-state index contributed by atoms with van der Waals surface area (Å²) in [4.78, 5) is 29.7. The Morgan fingerprint density at radius 2 is 1.88 bits per heavy atom. The van der Waals surface area contributed by atoms with E-state index in [1.165, 1.54) is 11.8 Å². The molecule has 0 bridgehead atoms. The Morgan fingerprint density at radius 1 is 1.09 bits per heavy atom. The van der Waals surface area contributed by atoms with E-state index in [1.54, 1.807) is 24.3 Å². The van der Waals surface area contributed by atoms with Gasteiger partial charge in [-0.3, -0.25) is 9.59 Å². The average molecular weight is 447 g/mol. The predicted molar refractivity (Wildman–Crippen MR) is 125 cm³/mol. The van der Waals surface area contributed by atoms with E-state index in [9.17, 15) is 9.59 Å². The summed E-state index contributed by atoms with van der Waals surface area (Å²) < 4.78 is 2.10. The Hall–Kier alpha value is -3.46. The molecule has 1 fully saturated rings. The molecule has 9 heteroatoms. The second-order valence-corrected chi connectivity index (χ2v) is 8.60. The Morgan fingerprint density at radius 3 is 2.69 bits per heavy atom. The summed E-state index contributed by atoms with van der Waals surface area (Å²) in [6, 6.07) is 15.3. The van der Waals surface area contributed by atoms with Gasteiger partial charge in [0.05, 0.1) is 22.5 Å². The third kappa shape index (κ3) is 4.03. The van der Waals surface area contributed by atoms with Gasteiger partial charge in [0.1, 0.15) is 5.52 Å². The average Bonchev–Trinajstić information content (AvgIpc) is 3.57. The number of nitrogens with one attached hydrogen (secondary N) is 2. The van der Waals surface area contributed by atoms with E-state index in [4.69, 9.17) is 0 Å². The van der Waals surface area contributed by atoms with Crippen LogP contribution in [0.15, 0.2) is 53.7 Å². The molecule has 1 saturated carbocycles. The van der Waals surface area contributed by atoms with Crippen molar-refractivity contribution in [2.75, 3.05) is 11.1 Å². The smallest absolute Gasteiger partial charge is 0.253 e. The molecule has 0 spiro atoms. The summed E-state index contributed by atoms with van der Waals surface area (Å²) in [5, 5.41) is 15.8. The third-order valence-corrected chi connectivity index (χ3v) is 6.20. The van der Waals surface area contributed by atoms with Crippen LogP contribution >= 0.6 is 11.8 Å². The lowest BCUT2D eigenvalue weighted by molar-refractivity contribution is -0.113. The first-order valence-corrected chi connectivity index (χ1v) is 11.6. The molecule has 1 aliphatic rings. The van der Waals surface area contributed by atoms with Crippen LogP contribution in [0.3, 0.4) is 0 Å². The van der Waals surface area contributed by atoms with Gasteiger partial charge in [-0.25, -0.2) is 4.98 Å². The number of para-hydroxylation sites is 2. The zero-order valence-electron chi connectivity index (χ0n) is 17.5. The molecule has 0 saturated heterocycles. The van der Waals surface area contributed by atoms with Gasteiger partial charge in [0, 0.05) is 18.0 Å². The number of thioether (sulfide) groups is 1. The number of aromatic nitrogens is 4. The lowest BCUT2D eigenvalue weighted by Crippen LogP contribution is -2.27. The summed E-state index contributed by atoms with van der Waals surface area (Å²) >= 11 is 1.22. The fourth-order valence-corrected chi connectivity index (χ4v) is 4.25. The molecular formula is C23H22N6O2S. The van der Waals surface area contributed by atoms with E-state index in [2.05, 4.69) is 37.3 Å². The lowest BCUT2D eigenvalue weighted by Gasteiger charge is -2.11. The molecule has 32 heavy (non-hydrogen) atoms. The van der Waals surface area contributed by atoms with Crippen molar-refractivity contribution in [1.82, 2.24) is 25.1 Å². The van der Waals surface area contributed by atoms with Gasteiger partial charge in [-0.15, -0.1) is 10.2 Å². The predicted octanol–water partition coefficient (Wildman–Crippen LogP) is 3.62. The Balaban J connectivity index is 1.30. The van der Waals surface area contributed by atoms with Gasteiger partial charge in [-0.05, 0) is 38.0 Å². The number of anilines is 1. The number of hydrogen-bond donors (Lipinski definition) is 2. The van der Waals surface area contributed by atoms with Crippen molar-refractivity contribution >= 4 is 51.3 Å². The first kappa shape index (κ1) is 20.4. The van der Waals surface area contributed by atoms with Crippen LogP contribution in [0.25, 0.3) is 22.1 Å². The van der Waals surface area contributed by atoms with E-state index in [0.717, 1.165) is 41.5 Å². The Labute approximate surface area is 188 Å². The summed E-state index contributed by atoms with van der Waals surface area (Å²) in [5.74, 6) is -0.291. The van der Waals surface area contributed by atoms with Gasteiger partial charge in [0.15, 0.2) is 5.65 Å². The molecule has 2 aromatic carbocycles. The number of carbonyl (C=O) groups excluding carboxylic acids is 2. The number of fused-ring (bicyclic) bond motifs is 3. The SMILES string of the molecule is CCn1c2ccccc2c2nnc(SCC(=O)Nc3ccccc3C(=O)NC3CC3)nc21. The van der Waals surface area contributed by atoms with Gasteiger partial charge < -0.3 is 15.2 Å². The molecule has 2 heterocycles. The summed E-state index contributed by atoms with van der Waals surface area (Å²) in [6.07, 6.45) is 2.01. The first-order valence-electron chi connectivity index (χ1n) is 10.6. The summed E-state index contributed by atoms with van der Waals surface area (Å²) in [5.41, 5.74) is 3.54. The molecule has 5 rings (SSSR count). The Kier molecular flexibility index (Phi) is 5.48. The number of amides is 2. The zero-order valence-corrected chi connectivity index (χ0v) is 18.4. The van der Waals surface area contributed by atoms with Crippen molar-refractivity contribution in [2.45, 2.75) is 37.5 Å². The van der Waals surface area contributed by atoms with Crippen molar-refractivity contribution in [1.29, 1.82) is 0 Å².